The quantitative estimate of drug-likeness (QED) is 0.00931. The average Bonchev–Trinajstić information content (AvgIpc) is 1.48. The highest BCUT2D eigenvalue weighted by Gasteiger charge is 2.85. The van der Waals surface area contributed by atoms with Crippen molar-refractivity contribution in [1.82, 2.24) is 0 Å². The number of hydrogen-bond donors (Lipinski definition) is 4. The molecule has 8 rings (SSSR count). The van der Waals surface area contributed by atoms with Crippen molar-refractivity contribution in [2.24, 2.45) is 80.8 Å². The number of rotatable bonds is 32. The summed E-state index contributed by atoms with van der Waals surface area (Å²) in [6.07, 6.45) is 21.8. The van der Waals surface area contributed by atoms with Crippen LogP contribution >= 0.6 is 0 Å². The van der Waals surface area contributed by atoms with Gasteiger partial charge in [-0.3, -0.25) is 28.8 Å². The highest BCUT2D eigenvalue weighted by atomic mass is 17.2. The van der Waals surface area contributed by atoms with Crippen molar-refractivity contribution in [3.63, 3.8) is 0 Å². The van der Waals surface area contributed by atoms with Gasteiger partial charge in [-0.15, -0.1) is 0 Å². The van der Waals surface area contributed by atoms with Crippen molar-refractivity contribution >= 4 is 35.1 Å². The Morgan fingerprint density at radius 1 is 0.543 bits per heavy atom. The Bertz CT molecular complexity index is 2980. The van der Waals surface area contributed by atoms with Gasteiger partial charge in [0.25, 0.3) is 0 Å². The van der Waals surface area contributed by atoms with Crippen molar-refractivity contribution in [1.29, 1.82) is 0 Å². The SMILES string of the molecule is C=C(CCCCCCCCCC)OO[C@@]12C[C@@H](C)[C@]34C=C(C)[C@H](OC(=O)C(C)C(C)C)[C@@]3(O)[C@H](O)C(C(=O)C(C)=O)=C[C@H](C4=O)[C@@H]1C2(C)C.C=C(CCCCCCCCCC)OO[C@@]12C[C@@H](C)[C@]34C=C(C)[C@H](OC(=O)C(C)C(C)C)[C@@]3(O)[C@H](O)C(C)=C[C@H](C4=O)[C@@H]1C2(C)C. The van der Waals surface area contributed by atoms with Crippen LogP contribution in [0.3, 0.4) is 0 Å². The number of aliphatic hydroxyl groups is 4. The Kier molecular flexibility index (Phi) is 24.1. The normalized spacial score (nSPS) is 35.9. The Labute approximate surface area is 562 Å². The van der Waals surface area contributed by atoms with E-state index in [9.17, 15) is 44.4 Å². The molecule has 0 radical (unpaired) electrons. The number of carbonyl (C=O) groups excluding carboxylic acids is 6. The molecule has 0 aromatic heterocycles. The molecule has 0 aromatic carbocycles. The van der Waals surface area contributed by atoms with E-state index in [1.165, 1.54) is 76.7 Å². The van der Waals surface area contributed by atoms with E-state index in [2.05, 4.69) is 40.9 Å². The lowest BCUT2D eigenvalue weighted by Gasteiger charge is -2.49. The molecule has 0 heterocycles. The summed E-state index contributed by atoms with van der Waals surface area (Å²) >= 11 is 0. The molecule has 8 aliphatic rings. The molecular formula is C78H120O16. The molecule has 0 aliphatic heterocycles. The summed E-state index contributed by atoms with van der Waals surface area (Å²) in [6.45, 7) is 42.0. The van der Waals surface area contributed by atoms with Crippen molar-refractivity contribution in [2.75, 3.05) is 0 Å². The molecule has 94 heavy (non-hydrogen) atoms. The molecule has 16 heteroatoms. The maximum Gasteiger partial charge on any atom is 0.309 e. The standard InChI is InChI=1S/C40H60O9.C38H60O7/c1-11-12-13-14-15-16-17-18-19-26(6)48-49-39-22-25(5)38-21-24(4)35(47-36(45)27(7)23(2)3)40(38,46)34(44)29(31(42)28(8)41)20-30(33(38)43)32(39)37(39,9)10;1-11-12-13-14-15-16-17-18-19-27(7)44-45-37-22-26(6)36-21-25(5)33(43-34(41)28(8)23(2)3)38(36,42)31(39)24(4)20-29(32(36)40)30(37)35(37,9)10/h20-21,23,25,27,30,32,34-35,44,46H,6,11-19,22H2,1-5,7-10H3;20-21,23,26,28-31,33,39,42H,7,11-19,22H2,1-6,8-10H3/t25-,27?,30+,32-,34-,35+,38+,39+,40+;26-,28?,29+,30-,31-,33+,36+,37+,38+/m11/s1. The predicted octanol–water partition coefficient (Wildman–Crippen LogP) is 14.7. The lowest BCUT2D eigenvalue weighted by molar-refractivity contribution is -0.323. The second-order valence-corrected chi connectivity index (χ2v) is 32.1. The molecule has 18 atom stereocenters. The van der Waals surface area contributed by atoms with Gasteiger partial charge in [0.05, 0.1) is 22.7 Å². The molecule has 4 fully saturated rings. The first kappa shape index (κ1) is 76.8. The van der Waals surface area contributed by atoms with Crippen LogP contribution in [0.15, 0.2) is 71.3 Å². The summed E-state index contributed by atoms with van der Waals surface area (Å²) < 4.78 is 12.0. The van der Waals surface area contributed by atoms with Crippen LogP contribution in [0.4, 0.5) is 0 Å². The average molecular weight is 1310 g/mol. The molecule has 0 aromatic rings. The molecule has 4 saturated carbocycles. The number of ketones is 4. The van der Waals surface area contributed by atoms with Crippen molar-refractivity contribution in [3.05, 3.63) is 71.3 Å². The Morgan fingerprint density at radius 3 is 1.23 bits per heavy atom. The number of esters is 2. The second-order valence-electron chi connectivity index (χ2n) is 32.1. The van der Waals surface area contributed by atoms with Gasteiger partial charge in [0, 0.05) is 59.8 Å². The van der Waals surface area contributed by atoms with Gasteiger partial charge >= 0.3 is 11.9 Å². The molecule has 4 N–H and O–H groups in total. The maximum atomic E-state index is 15.0. The first-order chi connectivity index (χ1) is 43.9. The fourth-order valence-electron chi connectivity index (χ4n) is 18.1. The van der Waals surface area contributed by atoms with E-state index >= 15 is 4.79 Å². The minimum atomic E-state index is -2.46. The summed E-state index contributed by atoms with van der Waals surface area (Å²) in [5.41, 5.74) is -9.50. The smallest absolute Gasteiger partial charge is 0.309 e. The van der Waals surface area contributed by atoms with Crippen LogP contribution in [0.5, 0.6) is 0 Å². The molecule has 8 aliphatic carbocycles. The van der Waals surface area contributed by atoms with Gasteiger partial charge in [-0.05, 0) is 86.8 Å². The lowest BCUT2D eigenvalue weighted by atomic mass is 9.58. The minimum Gasteiger partial charge on any atom is -0.454 e. The fourth-order valence-corrected chi connectivity index (χ4v) is 18.1. The topological polar surface area (TPSA) is 239 Å². The number of Topliss-reactive ketones (excluding diaryl/α,β-unsaturated/α-hetero) is 4. The van der Waals surface area contributed by atoms with E-state index in [4.69, 9.17) is 29.0 Å². The highest BCUT2D eigenvalue weighted by Crippen LogP contribution is 2.77. The number of fused-ring (bicyclic) bond motifs is 6. The van der Waals surface area contributed by atoms with Gasteiger partial charge in [0.2, 0.25) is 5.78 Å². The fraction of sp³-hybridized carbons (Fsp3) is 0.769. The third-order valence-electron chi connectivity index (χ3n) is 24.7. The van der Waals surface area contributed by atoms with E-state index in [0.717, 1.165) is 39.0 Å². The third kappa shape index (κ3) is 13.1. The van der Waals surface area contributed by atoms with Crippen molar-refractivity contribution in [2.45, 2.75) is 300 Å². The maximum absolute atomic E-state index is 15.0. The largest absolute Gasteiger partial charge is 0.454 e. The van der Waals surface area contributed by atoms with Crippen molar-refractivity contribution in [3.8, 4) is 0 Å². The summed E-state index contributed by atoms with van der Waals surface area (Å²) in [6, 6.07) is 0. The van der Waals surface area contributed by atoms with E-state index in [0.29, 0.717) is 47.5 Å². The van der Waals surface area contributed by atoms with Gasteiger partial charge < -0.3 is 39.7 Å². The van der Waals surface area contributed by atoms with Gasteiger partial charge in [0.15, 0.2) is 40.8 Å². The van der Waals surface area contributed by atoms with E-state index in [1.54, 1.807) is 46.8 Å². The Balaban J connectivity index is 0.000000267. The van der Waals surface area contributed by atoms with Gasteiger partial charge in [-0.1, -0.05) is 224 Å². The first-order valence-electron chi connectivity index (χ1n) is 36.1. The van der Waals surface area contributed by atoms with E-state index < -0.39 is 139 Å². The molecule has 4 bridgehead atoms. The zero-order valence-electron chi connectivity index (χ0n) is 60.6. The number of allylic oxidation sites excluding steroid dienone is 4. The van der Waals surface area contributed by atoms with Gasteiger partial charge in [0.1, 0.15) is 34.9 Å². The lowest BCUT2D eigenvalue weighted by Crippen LogP contribution is -2.66. The van der Waals surface area contributed by atoms with Crippen LogP contribution in [0.25, 0.3) is 0 Å². The summed E-state index contributed by atoms with van der Waals surface area (Å²) in [7, 11) is 0. The predicted molar refractivity (Wildman–Crippen MR) is 361 cm³/mol. The van der Waals surface area contributed by atoms with Gasteiger partial charge in [-0.2, -0.15) is 9.78 Å². The molecule has 0 amide bonds. The summed E-state index contributed by atoms with van der Waals surface area (Å²) in [5, 5.41) is 49.4. The number of hydrogen-bond acceptors (Lipinski definition) is 16. The van der Waals surface area contributed by atoms with Crippen LogP contribution in [-0.4, -0.2) is 102 Å². The molecule has 2 spiro atoms. The van der Waals surface area contributed by atoms with Crippen LogP contribution in [-0.2, 0) is 57.8 Å². The minimum absolute atomic E-state index is 0.0342. The van der Waals surface area contributed by atoms with Crippen LogP contribution in [0.1, 0.15) is 253 Å². The molecule has 0 saturated heterocycles. The summed E-state index contributed by atoms with van der Waals surface area (Å²) in [4.78, 5) is 107. The number of aliphatic hydroxyl groups excluding tert-OH is 2. The van der Waals surface area contributed by atoms with Crippen LogP contribution in [0, 0.1) is 80.8 Å². The van der Waals surface area contributed by atoms with Crippen LogP contribution < -0.4 is 0 Å². The first-order valence-corrected chi connectivity index (χ1v) is 36.1. The molecular weight excluding hydrogens is 1190 g/mol. The van der Waals surface area contributed by atoms with E-state index in [1.807, 2.05) is 61.5 Å². The second kappa shape index (κ2) is 29.5. The molecule has 16 nitrogen and oxygen atoms in total. The number of unbranched alkanes of at least 4 members (excludes halogenated alkanes) is 14. The zero-order chi connectivity index (χ0) is 70.2. The Hall–Kier alpha value is -4.58. The van der Waals surface area contributed by atoms with Crippen molar-refractivity contribution < 1.29 is 78.2 Å². The number of carbonyl (C=O) groups is 6. The number of ether oxygens (including phenoxy) is 2. The van der Waals surface area contributed by atoms with Gasteiger partial charge in [-0.25, -0.2) is 0 Å². The highest BCUT2D eigenvalue weighted by molar-refractivity contribution is 6.43. The summed E-state index contributed by atoms with van der Waals surface area (Å²) in [5.74, 6) is -6.90. The molecule has 528 valence electrons. The monoisotopic (exact) mass is 1310 g/mol. The van der Waals surface area contributed by atoms with Crippen LogP contribution in [0.2, 0.25) is 0 Å². The molecule has 2 unspecified atom stereocenters. The third-order valence-corrected chi connectivity index (χ3v) is 24.7. The van der Waals surface area contributed by atoms with E-state index in [-0.39, 0.29) is 35.5 Å². The Morgan fingerprint density at radius 2 is 0.883 bits per heavy atom. The zero-order valence-corrected chi connectivity index (χ0v) is 60.6.